The highest BCUT2D eigenvalue weighted by atomic mass is 32.2. The fourth-order valence-electron chi connectivity index (χ4n) is 6.75. The minimum Gasteiger partial charge on any atom is -0.374 e. The van der Waals surface area contributed by atoms with Gasteiger partial charge in [0.05, 0.1) is 58.0 Å². The fraction of sp³-hybridized carbons (Fsp3) is 0.302. The molecule has 0 aromatic heterocycles. The van der Waals surface area contributed by atoms with Crippen LogP contribution in [0.25, 0.3) is 10.4 Å². The van der Waals surface area contributed by atoms with Crippen molar-refractivity contribution in [3.63, 3.8) is 0 Å². The van der Waals surface area contributed by atoms with Crippen molar-refractivity contribution in [3.05, 3.63) is 190 Å². The van der Waals surface area contributed by atoms with Crippen molar-refractivity contribution in [2.75, 3.05) is 12.9 Å². The molecule has 0 N–H and O–H groups in total. The summed E-state index contributed by atoms with van der Waals surface area (Å²) in [6.45, 7) is 0.241. The van der Waals surface area contributed by atoms with Crippen LogP contribution in [0.3, 0.4) is 0 Å². The second-order valence-corrected chi connectivity index (χ2v) is 15.0. The molecule has 0 unspecified atom stereocenters. The van der Waals surface area contributed by atoms with E-state index in [0.717, 1.165) is 34.1 Å². The number of nitrogens with zero attached hydrogens (tertiary/aromatic N) is 3. The molecule has 5 aromatic rings. The molecular formula is C43H45N3O8S. The molecule has 11 nitrogen and oxygen atoms in total. The van der Waals surface area contributed by atoms with Crippen LogP contribution in [-0.4, -0.2) is 57.3 Å². The van der Waals surface area contributed by atoms with Gasteiger partial charge in [-0.1, -0.05) is 157 Å². The predicted octanol–water partition coefficient (Wildman–Crippen LogP) is 7.95. The van der Waals surface area contributed by atoms with E-state index in [4.69, 9.17) is 27.9 Å². The largest absolute Gasteiger partial charge is 0.374 e. The van der Waals surface area contributed by atoms with Crippen LogP contribution in [0.4, 0.5) is 0 Å². The van der Waals surface area contributed by atoms with E-state index in [2.05, 4.69) is 10.0 Å². The average Bonchev–Trinajstić information content (AvgIpc) is 3.21. The molecule has 0 radical (unpaired) electrons. The molecule has 286 valence electrons. The van der Waals surface area contributed by atoms with Crippen LogP contribution in [0.2, 0.25) is 0 Å². The molecule has 6 rings (SSSR count). The summed E-state index contributed by atoms with van der Waals surface area (Å²) in [5, 5.41) is 4.21. The van der Waals surface area contributed by atoms with Crippen molar-refractivity contribution >= 4 is 10.1 Å². The molecule has 0 amide bonds. The van der Waals surface area contributed by atoms with Gasteiger partial charge in [-0.25, -0.2) is 0 Å². The van der Waals surface area contributed by atoms with Crippen LogP contribution < -0.4 is 0 Å². The smallest absolute Gasteiger partial charge is 0.264 e. The van der Waals surface area contributed by atoms with Crippen LogP contribution in [-0.2, 0) is 71.0 Å². The maximum atomic E-state index is 13.3. The van der Waals surface area contributed by atoms with Gasteiger partial charge in [0.15, 0.2) is 0 Å². The van der Waals surface area contributed by atoms with Gasteiger partial charge in [0, 0.05) is 4.91 Å². The van der Waals surface area contributed by atoms with Gasteiger partial charge in [0.25, 0.3) is 10.1 Å². The summed E-state index contributed by atoms with van der Waals surface area (Å²) < 4.78 is 66.4. The molecular weight excluding hydrogens is 719 g/mol. The zero-order chi connectivity index (χ0) is 38.4. The number of benzene rings is 5. The molecule has 6 atom stereocenters. The third kappa shape index (κ3) is 11.1. The lowest BCUT2D eigenvalue weighted by atomic mass is 9.73. The molecule has 1 saturated carbocycles. The van der Waals surface area contributed by atoms with Gasteiger partial charge < -0.3 is 23.7 Å². The van der Waals surface area contributed by atoms with Crippen LogP contribution in [0.15, 0.2) is 157 Å². The van der Waals surface area contributed by atoms with Crippen LogP contribution in [0.5, 0.6) is 0 Å². The molecule has 0 bridgehead atoms. The Morgan fingerprint density at radius 2 is 0.964 bits per heavy atom. The van der Waals surface area contributed by atoms with Gasteiger partial charge in [-0.15, -0.1) is 0 Å². The number of hydrogen-bond acceptors (Lipinski definition) is 9. The lowest BCUT2D eigenvalue weighted by Gasteiger charge is -2.55. The summed E-state index contributed by atoms with van der Waals surface area (Å²) in [5.74, 6) is 0. The first kappa shape index (κ1) is 39.8. The molecule has 0 heterocycles. The quantitative estimate of drug-likeness (QED) is 0.0358. The Kier molecular flexibility index (Phi) is 14.2. The first-order valence-corrected chi connectivity index (χ1v) is 19.8. The lowest BCUT2D eigenvalue weighted by Crippen LogP contribution is -2.74. The van der Waals surface area contributed by atoms with Crippen molar-refractivity contribution < 1.29 is 36.3 Å². The summed E-state index contributed by atoms with van der Waals surface area (Å²) in [4.78, 5) is 3.21. The predicted molar refractivity (Wildman–Crippen MR) is 208 cm³/mol. The lowest BCUT2D eigenvalue weighted by molar-refractivity contribution is -0.298. The number of ether oxygens (including phenoxy) is 5. The van der Waals surface area contributed by atoms with Crippen LogP contribution >= 0.6 is 0 Å². The van der Waals surface area contributed by atoms with E-state index in [1.54, 1.807) is 0 Å². The van der Waals surface area contributed by atoms with Crippen molar-refractivity contribution in [2.24, 2.45) is 5.11 Å². The molecule has 0 saturated heterocycles. The molecule has 55 heavy (non-hydrogen) atoms. The van der Waals surface area contributed by atoms with Crippen molar-refractivity contribution in [1.29, 1.82) is 0 Å². The average molecular weight is 764 g/mol. The minimum absolute atomic E-state index is 0.00822. The zero-order valence-corrected chi connectivity index (χ0v) is 31.4. The third-order valence-corrected chi connectivity index (χ3v) is 9.89. The highest BCUT2D eigenvalue weighted by Gasteiger charge is 2.64. The van der Waals surface area contributed by atoms with Crippen molar-refractivity contribution in [3.8, 4) is 0 Å². The van der Waals surface area contributed by atoms with Gasteiger partial charge in [0.2, 0.25) is 0 Å². The second-order valence-electron chi connectivity index (χ2n) is 13.4. The molecule has 12 heteroatoms. The van der Waals surface area contributed by atoms with Gasteiger partial charge in [0.1, 0.15) is 23.9 Å². The van der Waals surface area contributed by atoms with E-state index in [1.165, 1.54) is 0 Å². The molecule has 0 spiro atoms. The molecule has 0 aliphatic heterocycles. The molecule has 1 aliphatic carbocycles. The first-order chi connectivity index (χ1) is 26.8. The fourth-order valence-corrected chi connectivity index (χ4v) is 7.40. The van der Waals surface area contributed by atoms with Crippen LogP contribution in [0, 0.1) is 0 Å². The van der Waals surface area contributed by atoms with Gasteiger partial charge in [-0.05, 0) is 33.3 Å². The summed E-state index contributed by atoms with van der Waals surface area (Å²) in [7, 11) is -4.23. The van der Waals surface area contributed by atoms with Crippen molar-refractivity contribution in [2.45, 2.75) is 69.1 Å². The van der Waals surface area contributed by atoms with E-state index >= 15 is 0 Å². The Morgan fingerprint density at radius 1 is 0.564 bits per heavy atom. The molecule has 5 aromatic carbocycles. The summed E-state index contributed by atoms with van der Waals surface area (Å²) in [6.07, 6.45) is -3.72. The highest BCUT2D eigenvalue weighted by molar-refractivity contribution is 7.86. The summed E-state index contributed by atoms with van der Waals surface area (Å²) >= 11 is 0. The molecule has 1 fully saturated rings. The van der Waals surface area contributed by atoms with E-state index in [9.17, 15) is 13.9 Å². The number of rotatable bonds is 19. The van der Waals surface area contributed by atoms with E-state index in [1.807, 2.05) is 152 Å². The Labute approximate surface area is 322 Å². The SMILES string of the molecule is CS(=O)(=O)O[C@H]1[C@H](N=[N+]=[N-])[C@H](OCc2ccccc2)[C@@H](OCc2ccccc2)[C@H](OCc2ccccc2)[C@]1(COCc1ccccc1)OCc1ccccc1. The Morgan fingerprint density at radius 3 is 1.40 bits per heavy atom. The Bertz CT molecular complexity index is 2040. The van der Waals surface area contributed by atoms with E-state index in [0.29, 0.717) is 0 Å². The van der Waals surface area contributed by atoms with Crippen molar-refractivity contribution in [1.82, 2.24) is 0 Å². The Balaban J connectivity index is 1.52. The van der Waals surface area contributed by atoms with Crippen LogP contribution in [0.1, 0.15) is 27.8 Å². The monoisotopic (exact) mass is 763 g/mol. The summed E-state index contributed by atoms with van der Waals surface area (Å²) in [5.41, 5.74) is 12.6. The third-order valence-electron chi connectivity index (χ3n) is 9.33. The van der Waals surface area contributed by atoms with Gasteiger partial charge in [-0.3, -0.25) is 4.18 Å². The Hall–Kier alpha value is -4.88. The second kappa shape index (κ2) is 19.6. The molecule has 1 aliphatic rings. The van der Waals surface area contributed by atoms with Gasteiger partial charge in [-0.2, -0.15) is 8.42 Å². The maximum absolute atomic E-state index is 13.3. The summed E-state index contributed by atoms with van der Waals surface area (Å²) in [6, 6.07) is 46.4. The van der Waals surface area contributed by atoms with Gasteiger partial charge >= 0.3 is 0 Å². The standard InChI is InChI=1S/C43H45N3O8S/c1-55(47,48)54-41-38(45-46-44)39(50-28-34-19-9-3-10-20-34)40(51-29-35-21-11-4-12-22-35)42(52-30-36-23-13-5-14-24-36)43(41,53-31-37-25-15-6-16-26-37)32-49-27-33-17-7-2-8-18-33/h2-26,38-42H,27-32H2,1H3/t38-,39+,40-,41+,42+,43-/m1/s1. The van der Waals surface area contributed by atoms with E-state index in [-0.39, 0.29) is 39.6 Å². The number of azide groups is 1. The highest BCUT2D eigenvalue weighted by Crippen LogP contribution is 2.43. The normalized spacial score (nSPS) is 22.5. The first-order valence-electron chi connectivity index (χ1n) is 18.0. The number of hydrogen-bond donors (Lipinski definition) is 0. The van der Waals surface area contributed by atoms with E-state index < -0.39 is 46.2 Å². The minimum atomic E-state index is -4.23. The maximum Gasteiger partial charge on any atom is 0.264 e. The zero-order valence-electron chi connectivity index (χ0n) is 30.6. The topological polar surface area (TPSA) is 138 Å².